The second kappa shape index (κ2) is 9.49. The lowest BCUT2D eigenvalue weighted by atomic mass is 10.1. The van der Waals surface area contributed by atoms with Gasteiger partial charge in [-0.25, -0.2) is 0 Å². The largest absolute Gasteiger partial charge is 0.496 e. The van der Waals surface area contributed by atoms with Gasteiger partial charge in [0.2, 0.25) is 0 Å². The molecule has 0 saturated heterocycles. The van der Waals surface area contributed by atoms with E-state index in [0.29, 0.717) is 11.3 Å². The van der Waals surface area contributed by atoms with Gasteiger partial charge in [-0.3, -0.25) is 0 Å². The lowest BCUT2D eigenvalue weighted by Gasteiger charge is -2.13. The number of nitrogens with two attached hydrogens (primary N) is 1. The summed E-state index contributed by atoms with van der Waals surface area (Å²) in [4.78, 5) is 0. The van der Waals surface area contributed by atoms with Crippen LogP contribution < -0.4 is 21.1 Å². The molecule has 0 amide bonds. The third-order valence-electron chi connectivity index (χ3n) is 4.06. The van der Waals surface area contributed by atoms with Crippen LogP contribution in [-0.4, -0.2) is 26.4 Å². The van der Waals surface area contributed by atoms with Crippen molar-refractivity contribution in [1.82, 2.24) is 5.32 Å². The number of benzene rings is 2. The first-order chi connectivity index (χ1) is 12.2. The summed E-state index contributed by atoms with van der Waals surface area (Å²) in [7, 11) is 1.62. The van der Waals surface area contributed by atoms with Gasteiger partial charge in [-0.15, -0.1) is 0 Å². The standard InChI is InChI=1S/C20H26N4O/c1-15-5-3-4-6-16(15)14-23-9-10-24-18-7-8-19(17(12-21)13-22)20(11-18)25-2/h3-8,11-13,21,23-24H,9-10,14,22H2,1-2H3/b17-13+,21-12?. The highest BCUT2D eigenvalue weighted by molar-refractivity contribution is 6.09. The van der Waals surface area contributed by atoms with Gasteiger partial charge in [-0.1, -0.05) is 24.3 Å². The van der Waals surface area contributed by atoms with Crippen LogP contribution in [0.4, 0.5) is 5.69 Å². The summed E-state index contributed by atoms with van der Waals surface area (Å²) in [5.41, 5.74) is 10.6. The van der Waals surface area contributed by atoms with E-state index in [1.54, 1.807) is 7.11 Å². The van der Waals surface area contributed by atoms with Gasteiger partial charge in [0.15, 0.2) is 0 Å². The van der Waals surface area contributed by atoms with Gasteiger partial charge in [0.05, 0.1) is 7.11 Å². The van der Waals surface area contributed by atoms with Crippen LogP contribution in [0, 0.1) is 12.3 Å². The van der Waals surface area contributed by atoms with Gasteiger partial charge in [0, 0.05) is 54.9 Å². The molecule has 0 unspecified atom stereocenters. The minimum Gasteiger partial charge on any atom is -0.496 e. The van der Waals surface area contributed by atoms with E-state index in [4.69, 9.17) is 15.9 Å². The van der Waals surface area contributed by atoms with Crippen molar-refractivity contribution in [3.8, 4) is 5.75 Å². The summed E-state index contributed by atoms with van der Waals surface area (Å²) >= 11 is 0. The van der Waals surface area contributed by atoms with Crippen molar-refractivity contribution in [2.24, 2.45) is 5.73 Å². The maximum Gasteiger partial charge on any atom is 0.128 e. The van der Waals surface area contributed by atoms with Crippen LogP contribution in [0.1, 0.15) is 16.7 Å². The molecule has 5 N–H and O–H groups in total. The van der Waals surface area contributed by atoms with Crippen LogP contribution in [-0.2, 0) is 6.54 Å². The molecule has 5 heteroatoms. The van der Waals surface area contributed by atoms with Crippen LogP contribution in [0.2, 0.25) is 0 Å². The van der Waals surface area contributed by atoms with Gasteiger partial charge < -0.3 is 26.5 Å². The van der Waals surface area contributed by atoms with Crippen molar-refractivity contribution >= 4 is 17.5 Å². The Kier molecular flexibility index (Phi) is 7.04. The van der Waals surface area contributed by atoms with Crippen molar-refractivity contribution in [3.05, 3.63) is 65.4 Å². The highest BCUT2D eigenvalue weighted by atomic mass is 16.5. The molecule has 0 aliphatic carbocycles. The summed E-state index contributed by atoms with van der Waals surface area (Å²) in [6, 6.07) is 14.2. The molecule has 25 heavy (non-hydrogen) atoms. The van der Waals surface area contributed by atoms with Crippen molar-refractivity contribution in [1.29, 1.82) is 5.41 Å². The molecule has 0 fully saturated rings. The van der Waals surface area contributed by atoms with E-state index < -0.39 is 0 Å². The third-order valence-corrected chi connectivity index (χ3v) is 4.06. The average molecular weight is 338 g/mol. The lowest BCUT2D eigenvalue weighted by molar-refractivity contribution is 0.414. The van der Waals surface area contributed by atoms with Crippen LogP contribution in [0.5, 0.6) is 5.75 Å². The fraction of sp³-hybridized carbons (Fsp3) is 0.250. The molecule has 5 nitrogen and oxygen atoms in total. The van der Waals surface area contributed by atoms with Gasteiger partial charge in [-0.05, 0) is 30.2 Å². The Morgan fingerprint density at radius 3 is 2.68 bits per heavy atom. The summed E-state index contributed by atoms with van der Waals surface area (Å²) < 4.78 is 5.41. The fourth-order valence-electron chi connectivity index (χ4n) is 2.58. The summed E-state index contributed by atoms with van der Waals surface area (Å²) in [6.45, 7) is 4.65. The second-order valence-corrected chi connectivity index (χ2v) is 5.71. The van der Waals surface area contributed by atoms with E-state index in [9.17, 15) is 0 Å². The molecule has 0 spiro atoms. The van der Waals surface area contributed by atoms with Crippen LogP contribution >= 0.6 is 0 Å². The quantitative estimate of drug-likeness (QED) is 0.418. The highest BCUT2D eigenvalue weighted by Crippen LogP contribution is 2.27. The van der Waals surface area contributed by atoms with Crippen molar-refractivity contribution in [3.63, 3.8) is 0 Å². The van der Waals surface area contributed by atoms with E-state index >= 15 is 0 Å². The first kappa shape index (κ1) is 18.5. The monoisotopic (exact) mass is 338 g/mol. The predicted octanol–water partition coefficient (Wildman–Crippen LogP) is 3.15. The molecule has 2 aromatic rings. The number of hydrogen-bond donors (Lipinski definition) is 4. The molecule has 0 bridgehead atoms. The maximum atomic E-state index is 7.41. The Labute approximate surface area is 149 Å². The molecule has 0 heterocycles. The van der Waals surface area contributed by atoms with E-state index in [1.165, 1.54) is 23.5 Å². The Bertz CT molecular complexity index is 740. The molecule has 2 rings (SSSR count). The summed E-state index contributed by atoms with van der Waals surface area (Å²) in [5.74, 6) is 0.693. The molecular formula is C20H26N4O. The molecule has 2 aromatic carbocycles. The molecular weight excluding hydrogens is 312 g/mol. The van der Waals surface area contributed by atoms with Gasteiger partial charge in [-0.2, -0.15) is 0 Å². The zero-order valence-electron chi connectivity index (χ0n) is 14.8. The molecule has 0 radical (unpaired) electrons. The zero-order chi connectivity index (χ0) is 18.1. The molecule has 0 atom stereocenters. The number of allylic oxidation sites excluding steroid dienone is 1. The number of anilines is 1. The van der Waals surface area contributed by atoms with Crippen LogP contribution in [0.3, 0.4) is 0 Å². The molecule has 0 aliphatic rings. The van der Waals surface area contributed by atoms with Gasteiger partial charge >= 0.3 is 0 Å². The Morgan fingerprint density at radius 2 is 2.00 bits per heavy atom. The van der Waals surface area contributed by atoms with Crippen LogP contribution in [0.15, 0.2) is 48.7 Å². The average Bonchev–Trinajstić information content (AvgIpc) is 2.64. The Morgan fingerprint density at radius 1 is 1.20 bits per heavy atom. The zero-order valence-corrected chi connectivity index (χ0v) is 14.8. The van der Waals surface area contributed by atoms with Gasteiger partial charge in [0.1, 0.15) is 5.75 Å². The number of rotatable bonds is 9. The minimum atomic E-state index is 0.628. The molecule has 0 saturated carbocycles. The van der Waals surface area contributed by atoms with Crippen molar-refractivity contribution < 1.29 is 4.74 Å². The highest BCUT2D eigenvalue weighted by Gasteiger charge is 2.07. The van der Waals surface area contributed by atoms with E-state index in [0.717, 1.165) is 30.9 Å². The van der Waals surface area contributed by atoms with Crippen molar-refractivity contribution in [2.75, 3.05) is 25.5 Å². The van der Waals surface area contributed by atoms with E-state index in [1.807, 2.05) is 18.2 Å². The normalized spacial score (nSPS) is 11.2. The third kappa shape index (κ3) is 5.09. The molecule has 132 valence electrons. The van der Waals surface area contributed by atoms with Crippen LogP contribution in [0.25, 0.3) is 5.57 Å². The first-order valence-electron chi connectivity index (χ1n) is 8.29. The smallest absolute Gasteiger partial charge is 0.128 e. The number of hydrogen-bond acceptors (Lipinski definition) is 5. The first-order valence-corrected chi connectivity index (χ1v) is 8.29. The van der Waals surface area contributed by atoms with Gasteiger partial charge in [0.25, 0.3) is 0 Å². The summed E-state index contributed by atoms with van der Waals surface area (Å²) in [5, 5.41) is 14.2. The summed E-state index contributed by atoms with van der Waals surface area (Å²) in [6.07, 6.45) is 2.63. The number of methoxy groups -OCH3 is 1. The molecule has 0 aromatic heterocycles. The predicted molar refractivity (Wildman–Crippen MR) is 105 cm³/mol. The Balaban J connectivity index is 1.87. The Hall–Kier alpha value is -2.79. The molecule has 0 aliphatic heterocycles. The van der Waals surface area contributed by atoms with E-state index in [2.05, 4.69) is 41.8 Å². The number of nitrogens with one attached hydrogen (secondary N) is 3. The minimum absolute atomic E-state index is 0.628. The topological polar surface area (TPSA) is 83.2 Å². The SMILES string of the molecule is COc1cc(NCCNCc2ccccc2C)ccc1/C(C=N)=C/N. The second-order valence-electron chi connectivity index (χ2n) is 5.71. The lowest BCUT2D eigenvalue weighted by Crippen LogP contribution is -2.22. The van der Waals surface area contributed by atoms with E-state index in [-0.39, 0.29) is 0 Å². The number of ether oxygens (including phenoxy) is 1. The number of aryl methyl sites for hydroxylation is 1. The van der Waals surface area contributed by atoms with Crippen molar-refractivity contribution in [2.45, 2.75) is 13.5 Å². The maximum absolute atomic E-state index is 7.41. The fourth-order valence-corrected chi connectivity index (χ4v) is 2.58.